The Labute approximate surface area is 102 Å². The molecule has 0 radical (unpaired) electrons. The highest BCUT2D eigenvalue weighted by Gasteiger charge is 2.33. The molecule has 2 nitrogen and oxygen atoms in total. The zero-order valence-corrected chi connectivity index (χ0v) is 10.5. The van der Waals surface area contributed by atoms with Crippen molar-refractivity contribution in [2.45, 2.75) is 18.3 Å². The Bertz CT molecular complexity index is 339. The Morgan fingerprint density at radius 2 is 1.81 bits per heavy atom. The molecule has 0 saturated carbocycles. The number of halogens is 1. The van der Waals surface area contributed by atoms with Crippen LogP contribution in [0.4, 0.5) is 0 Å². The van der Waals surface area contributed by atoms with Crippen LogP contribution in [-0.4, -0.2) is 31.6 Å². The minimum atomic E-state index is 0.164. The van der Waals surface area contributed by atoms with E-state index in [1.165, 1.54) is 5.56 Å². The second-order valence-electron chi connectivity index (χ2n) is 4.79. The number of piperidine rings is 1. The maximum atomic E-state index is 6.00. The smallest absolute Gasteiger partial charge is 0.0406 e. The van der Waals surface area contributed by atoms with Crippen LogP contribution < -0.4 is 5.73 Å². The number of hydrogen-bond donors (Lipinski definition) is 1. The zero-order valence-electron chi connectivity index (χ0n) is 9.75. The van der Waals surface area contributed by atoms with Gasteiger partial charge in [-0.2, -0.15) is 0 Å². The van der Waals surface area contributed by atoms with Crippen LogP contribution in [0.1, 0.15) is 18.4 Å². The van der Waals surface area contributed by atoms with E-state index in [4.69, 9.17) is 17.3 Å². The molecule has 1 aliphatic rings. The van der Waals surface area contributed by atoms with Crippen molar-refractivity contribution < 1.29 is 0 Å². The van der Waals surface area contributed by atoms with Crippen LogP contribution in [0.25, 0.3) is 0 Å². The molecule has 16 heavy (non-hydrogen) atoms. The van der Waals surface area contributed by atoms with Crippen molar-refractivity contribution in [3.05, 3.63) is 34.9 Å². The van der Waals surface area contributed by atoms with Gasteiger partial charge in [-0.3, -0.25) is 0 Å². The fourth-order valence-corrected chi connectivity index (χ4v) is 2.59. The molecular formula is C13H19ClN2. The zero-order chi connectivity index (χ0) is 11.6. The van der Waals surface area contributed by atoms with Gasteiger partial charge in [0.25, 0.3) is 0 Å². The number of nitrogens with two attached hydrogens (primary N) is 1. The summed E-state index contributed by atoms with van der Waals surface area (Å²) < 4.78 is 0. The highest BCUT2D eigenvalue weighted by molar-refractivity contribution is 6.30. The van der Waals surface area contributed by atoms with Crippen LogP contribution in [0, 0.1) is 0 Å². The lowest BCUT2D eigenvalue weighted by Crippen LogP contribution is -2.45. The van der Waals surface area contributed by atoms with Crippen molar-refractivity contribution in [3.8, 4) is 0 Å². The topological polar surface area (TPSA) is 29.3 Å². The first-order chi connectivity index (χ1) is 7.66. The third-order valence-corrected chi connectivity index (χ3v) is 4.04. The van der Waals surface area contributed by atoms with Gasteiger partial charge in [0.05, 0.1) is 0 Å². The van der Waals surface area contributed by atoms with Crippen molar-refractivity contribution in [3.63, 3.8) is 0 Å². The Balaban J connectivity index is 2.24. The monoisotopic (exact) mass is 238 g/mol. The average Bonchev–Trinajstić information content (AvgIpc) is 2.32. The van der Waals surface area contributed by atoms with Crippen molar-refractivity contribution in [2.24, 2.45) is 5.73 Å². The summed E-state index contributed by atoms with van der Waals surface area (Å²) in [5.74, 6) is 0. The van der Waals surface area contributed by atoms with E-state index >= 15 is 0 Å². The summed E-state index contributed by atoms with van der Waals surface area (Å²) >= 11 is 5.92. The predicted molar refractivity (Wildman–Crippen MR) is 68.9 cm³/mol. The maximum absolute atomic E-state index is 6.00. The van der Waals surface area contributed by atoms with Gasteiger partial charge in [0.15, 0.2) is 0 Å². The molecule has 0 spiro atoms. The number of nitrogens with zero attached hydrogens (tertiary/aromatic N) is 1. The van der Waals surface area contributed by atoms with Gasteiger partial charge in [0, 0.05) is 17.0 Å². The third kappa shape index (κ3) is 2.24. The molecule has 1 fully saturated rings. The molecule has 1 aromatic carbocycles. The first-order valence-electron chi connectivity index (χ1n) is 5.81. The summed E-state index contributed by atoms with van der Waals surface area (Å²) in [5, 5.41) is 0.795. The molecule has 2 rings (SSSR count). The second kappa shape index (κ2) is 4.74. The first kappa shape index (κ1) is 11.9. The molecule has 0 aromatic heterocycles. The van der Waals surface area contributed by atoms with Crippen LogP contribution in [0.2, 0.25) is 5.02 Å². The molecule has 0 amide bonds. The van der Waals surface area contributed by atoms with E-state index in [0.29, 0.717) is 0 Å². The standard InChI is InChI=1S/C13H19ClN2/c1-16-8-6-13(10-15,7-9-16)11-2-4-12(14)5-3-11/h2-5H,6-10,15H2,1H3. The number of likely N-dealkylation sites (tertiary alicyclic amines) is 1. The molecular weight excluding hydrogens is 220 g/mol. The van der Waals surface area contributed by atoms with Crippen LogP contribution in [-0.2, 0) is 5.41 Å². The van der Waals surface area contributed by atoms with E-state index in [9.17, 15) is 0 Å². The minimum Gasteiger partial charge on any atom is -0.330 e. The van der Waals surface area contributed by atoms with E-state index in [1.807, 2.05) is 12.1 Å². The van der Waals surface area contributed by atoms with Gasteiger partial charge in [-0.05, 0) is 50.7 Å². The van der Waals surface area contributed by atoms with Gasteiger partial charge in [0.2, 0.25) is 0 Å². The van der Waals surface area contributed by atoms with Gasteiger partial charge in [0.1, 0.15) is 0 Å². The third-order valence-electron chi connectivity index (χ3n) is 3.79. The van der Waals surface area contributed by atoms with Gasteiger partial charge in [-0.1, -0.05) is 23.7 Å². The average molecular weight is 239 g/mol. The number of hydrogen-bond acceptors (Lipinski definition) is 2. The van der Waals surface area contributed by atoms with E-state index < -0.39 is 0 Å². The Kier molecular flexibility index (Phi) is 3.53. The lowest BCUT2D eigenvalue weighted by atomic mass is 9.73. The quantitative estimate of drug-likeness (QED) is 0.857. The largest absolute Gasteiger partial charge is 0.330 e. The summed E-state index contributed by atoms with van der Waals surface area (Å²) in [4.78, 5) is 2.36. The number of rotatable bonds is 2. The number of benzene rings is 1. The summed E-state index contributed by atoms with van der Waals surface area (Å²) in [6.45, 7) is 2.97. The minimum absolute atomic E-state index is 0.164. The van der Waals surface area contributed by atoms with E-state index in [1.54, 1.807) is 0 Å². The van der Waals surface area contributed by atoms with Crippen LogP contribution >= 0.6 is 11.6 Å². The second-order valence-corrected chi connectivity index (χ2v) is 5.23. The first-order valence-corrected chi connectivity index (χ1v) is 6.19. The lowest BCUT2D eigenvalue weighted by Gasteiger charge is -2.40. The molecule has 1 aliphatic heterocycles. The Hall–Kier alpha value is -0.570. The van der Waals surface area contributed by atoms with Gasteiger partial charge < -0.3 is 10.6 Å². The Morgan fingerprint density at radius 1 is 1.25 bits per heavy atom. The molecule has 1 heterocycles. The Morgan fingerprint density at radius 3 is 2.31 bits per heavy atom. The van der Waals surface area contributed by atoms with E-state index in [0.717, 1.165) is 37.5 Å². The fraction of sp³-hybridized carbons (Fsp3) is 0.538. The highest BCUT2D eigenvalue weighted by Crippen LogP contribution is 2.34. The van der Waals surface area contributed by atoms with Crippen LogP contribution in [0.5, 0.6) is 0 Å². The lowest BCUT2D eigenvalue weighted by molar-refractivity contribution is 0.191. The highest BCUT2D eigenvalue weighted by atomic mass is 35.5. The molecule has 2 N–H and O–H groups in total. The fourth-order valence-electron chi connectivity index (χ4n) is 2.46. The van der Waals surface area contributed by atoms with Crippen molar-refractivity contribution in [1.29, 1.82) is 0 Å². The van der Waals surface area contributed by atoms with Crippen molar-refractivity contribution >= 4 is 11.6 Å². The summed E-state index contributed by atoms with van der Waals surface area (Å²) in [6, 6.07) is 8.18. The van der Waals surface area contributed by atoms with Gasteiger partial charge >= 0.3 is 0 Å². The molecule has 0 bridgehead atoms. The molecule has 0 atom stereocenters. The summed E-state index contributed by atoms with van der Waals surface area (Å²) in [7, 11) is 2.17. The maximum Gasteiger partial charge on any atom is 0.0406 e. The summed E-state index contributed by atoms with van der Waals surface area (Å²) in [6.07, 6.45) is 2.28. The van der Waals surface area contributed by atoms with Gasteiger partial charge in [-0.15, -0.1) is 0 Å². The molecule has 1 aromatic rings. The molecule has 88 valence electrons. The normalized spacial score (nSPS) is 20.9. The predicted octanol–water partition coefficient (Wildman–Crippen LogP) is 2.26. The molecule has 0 aliphatic carbocycles. The van der Waals surface area contributed by atoms with E-state index in [2.05, 4.69) is 24.1 Å². The molecule has 3 heteroatoms. The van der Waals surface area contributed by atoms with Crippen molar-refractivity contribution in [1.82, 2.24) is 4.90 Å². The summed E-state index contributed by atoms with van der Waals surface area (Å²) in [5.41, 5.74) is 7.51. The van der Waals surface area contributed by atoms with Crippen LogP contribution in [0.3, 0.4) is 0 Å². The molecule has 0 unspecified atom stereocenters. The van der Waals surface area contributed by atoms with Crippen LogP contribution in [0.15, 0.2) is 24.3 Å². The van der Waals surface area contributed by atoms with E-state index in [-0.39, 0.29) is 5.41 Å². The van der Waals surface area contributed by atoms with Gasteiger partial charge in [-0.25, -0.2) is 0 Å². The molecule has 1 saturated heterocycles. The SMILES string of the molecule is CN1CCC(CN)(c2ccc(Cl)cc2)CC1. The van der Waals surface area contributed by atoms with Crippen molar-refractivity contribution in [2.75, 3.05) is 26.7 Å².